The highest BCUT2D eigenvalue weighted by Gasteiger charge is 2.28. The van der Waals surface area contributed by atoms with Crippen molar-refractivity contribution in [2.24, 2.45) is 5.92 Å². The topological polar surface area (TPSA) is 38.7 Å². The van der Waals surface area contributed by atoms with Gasteiger partial charge in [0.2, 0.25) is 0 Å². The maximum atomic E-state index is 9.98. The van der Waals surface area contributed by atoms with Gasteiger partial charge in [-0.1, -0.05) is 33.3 Å². The van der Waals surface area contributed by atoms with Crippen molar-refractivity contribution in [2.75, 3.05) is 13.7 Å². The van der Waals surface area contributed by atoms with E-state index in [1.807, 2.05) is 0 Å². The van der Waals surface area contributed by atoms with Gasteiger partial charge in [0.25, 0.3) is 0 Å². The third-order valence-electron chi connectivity index (χ3n) is 4.11. The van der Waals surface area contributed by atoms with Crippen LogP contribution < -0.4 is 0 Å². The van der Waals surface area contributed by atoms with Crippen molar-refractivity contribution < 1.29 is 14.6 Å². The largest absolute Gasteiger partial charge is 0.390 e. The Labute approximate surface area is 118 Å². The first-order valence-electron chi connectivity index (χ1n) is 7.60. The van der Waals surface area contributed by atoms with Crippen LogP contribution in [-0.4, -0.2) is 37.1 Å². The summed E-state index contributed by atoms with van der Waals surface area (Å²) in [5.74, 6) is 0.516. The lowest BCUT2D eigenvalue weighted by Gasteiger charge is -2.32. The maximum Gasteiger partial charge on any atom is 0.104 e. The van der Waals surface area contributed by atoms with Gasteiger partial charge in [-0.2, -0.15) is 0 Å². The molecule has 0 spiro atoms. The monoisotopic (exact) mass is 270 g/mol. The summed E-state index contributed by atoms with van der Waals surface area (Å²) >= 11 is 0. The van der Waals surface area contributed by atoms with E-state index >= 15 is 0 Å². The lowest BCUT2D eigenvalue weighted by Crippen LogP contribution is -2.37. The molecule has 1 N–H and O–H groups in total. The first kappa shape index (κ1) is 16.7. The Morgan fingerprint density at radius 2 is 2.26 bits per heavy atom. The molecule has 1 rings (SSSR count). The third kappa shape index (κ3) is 5.25. The number of methoxy groups -OCH3 is 1. The van der Waals surface area contributed by atoms with Gasteiger partial charge in [0.05, 0.1) is 12.2 Å². The number of aliphatic hydroxyl groups is 1. The Morgan fingerprint density at radius 3 is 2.84 bits per heavy atom. The van der Waals surface area contributed by atoms with Crippen molar-refractivity contribution in [2.45, 2.75) is 70.7 Å². The minimum absolute atomic E-state index is 0.178. The van der Waals surface area contributed by atoms with Gasteiger partial charge in [0.15, 0.2) is 0 Å². The quantitative estimate of drug-likeness (QED) is 0.688. The van der Waals surface area contributed by atoms with Crippen LogP contribution in [0.5, 0.6) is 0 Å². The summed E-state index contributed by atoms with van der Waals surface area (Å²) in [7, 11) is 1.76. The number of ether oxygens (including phenoxy) is 2. The average Bonchev–Trinajstić information content (AvgIpc) is 2.42. The van der Waals surface area contributed by atoms with Gasteiger partial charge in [0.1, 0.15) is 6.10 Å². The summed E-state index contributed by atoms with van der Waals surface area (Å²) < 4.78 is 11.3. The molecule has 0 aromatic carbocycles. The molecular weight excluding hydrogens is 240 g/mol. The molecule has 0 saturated carbocycles. The fourth-order valence-electron chi connectivity index (χ4n) is 2.76. The third-order valence-corrected chi connectivity index (χ3v) is 4.11. The van der Waals surface area contributed by atoms with E-state index in [2.05, 4.69) is 20.4 Å². The van der Waals surface area contributed by atoms with Crippen LogP contribution in [0.1, 0.15) is 52.4 Å². The fraction of sp³-hybridized carbons (Fsp3) is 0.875. The summed E-state index contributed by atoms with van der Waals surface area (Å²) in [6.45, 7) is 9.28. The minimum Gasteiger partial charge on any atom is -0.390 e. The van der Waals surface area contributed by atoms with Crippen LogP contribution >= 0.6 is 0 Å². The van der Waals surface area contributed by atoms with Crippen LogP contribution in [0.4, 0.5) is 0 Å². The molecule has 0 aromatic rings. The number of aliphatic hydroxyl groups excluding tert-OH is 1. The van der Waals surface area contributed by atoms with E-state index in [-0.39, 0.29) is 12.2 Å². The van der Waals surface area contributed by atoms with E-state index < -0.39 is 6.10 Å². The van der Waals surface area contributed by atoms with E-state index in [4.69, 9.17) is 9.47 Å². The molecular formula is C16H30O3. The molecule has 1 saturated heterocycles. The standard InChI is InChI=1S/C16H30O3/c1-5-6-8-12(2)15(18-4)11-13(3)16-14(17)9-7-10-19-16/h12,14-17H,3,5-11H2,1-2,4H3/t12-,14-,15+,16+/m1/s1. The molecule has 4 atom stereocenters. The van der Waals surface area contributed by atoms with Crippen molar-refractivity contribution in [1.82, 2.24) is 0 Å². The maximum absolute atomic E-state index is 9.98. The highest BCUT2D eigenvalue weighted by atomic mass is 16.5. The van der Waals surface area contributed by atoms with Crippen molar-refractivity contribution in [3.8, 4) is 0 Å². The first-order valence-corrected chi connectivity index (χ1v) is 7.60. The fourth-order valence-corrected chi connectivity index (χ4v) is 2.76. The second-order valence-corrected chi connectivity index (χ2v) is 5.76. The summed E-state index contributed by atoms with van der Waals surface area (Å²) in [5, 5.41) is 9.98. The Kier molecular flexibility index (Phi) is 7.66. The van der Waals surface area contributed by atoms with Gasteiger partial charge < -0.3 is 14.6 Å². The number of hydrogen-bond donors (Lipinski definition) is 1. The zero-order chi connectivity index (χ0) is 14.3. The number of rotatable bonds is 8. The molecule has 112 valence electrons. The molecule has 0 aliphatic carbocycles. The lowest BCUT2D eigenvalue weighted by molar-refractivity contribution is -0.0592. The van der Waals surface area contributed by atoms with Crippen molar-refractivity contribution >= 4 is 0 Å². The summed E-state index contributed by atoms with van der Waals surface area (Å²) in [5.41, 5.74) is 0.974. The predicted octanol–water partition coefficient (Wildman–Crippen LogP) is 3.31. The van der Waals surface area contributed by atoms with E-state index in [0.29, 0.717) is 5.92 Å². The Hall–Kier alpha value is -0.380. The Morgan fingerprint density at radius 1 is 1.53 bits per heavy atom. The number of hydrogen-bond acceptors (Lipinski definition) is 3. The molecule has 1 aliphatic heterocycles. The molecule has 3 heteroatoms. The lowest BCUT2D eigenvalue weighted by atomic mass is 9.89. The molecule has 0 radical (unpaired) electrons. The van der Waals surface area contributed by atoms with Gasteiger partial charge in [-0.15, -0.1) is 0 Å². The van der Waals surface area contributed by atoms with Gasteiger partial charge in [-0.05, 0) is 37.2 Å². The summed E-state index contributed by atoms with van der Waals surface area (Å²) in [6, 6.07) is 0. The van der Waals surface area contributed by atoms with Gasteiger partial charge >= 0.3 is 0 Å². The molecule has 1 aliphatic rings. The molecule has 0 unspecified atom stereocenters. The van der Waals surface area contributed by atoms with Gasteiger partial charge in [-0.3, -0.25) is 0 Å². The van der Waals surface area contributed by atoms with Gasteiger partial charge in [0, 0.05) is 13.7 Å². The second kappa shape index (κ2) is 8.72. The van der Waals surface area contributed by atoms with Crippen LogP contribution in [0.25, 0.3) is 0 Å². The van der Waals surface area contributed by atoms with Gasteiger partial charge in [-0.25, -0.2) is 0 Å². The van der Waals surface area contributed by atoms with Crippen molar-refractivity contribution in [1.29, 1.82) is 0 Å². The molecule has 0 amide bonds. The molecule has 0 aromatic heterocycles. The van der Waals surface area contributed by atoms with Crippen LogP contribution in [0.15, 0.2) is 12.2 Å². The Balaban J connectivity index is 2.47. The normalized spacial score (nSPS) is 26.9. The molecule has 1 heterocycles. The van der Waals surface area contributed by atoms with Crippen LogP contribution in [0.2, 0.25) is 0 Å². The van der Waals surface area contributed by atoms with E-state index in [1.165, 1.54) is 19.3 Å². The Bertz CT molecular complexity index is 265. The highest BCUT2D eigenvalue weighted by Crippen LogP contribution is 2.26. The summed E-state index contributed by atoms with van der Waals surface area (Å²) in [4.78, 5) is 0. The molecule has 1 fully saturated rings. The van der Waals surface area contributed by atoms with E-state index in [0.717, 1.165) is 31.4 Å². The van der Waals surface area contributed by atoms with E-state index in [1.54, 1.807) is 7.11 Å². The summed E-state index contributed by atoms with van der Waals surface area (Å²) in [6.07, 6.45) is 5.73. The zero-order valence-electron chi connectivity index (χ0n) is 12.7. The van der Waals surface area contributed by atoms with Crippen molar-refractivity contribution in [3.05, 3.63) is 12.2 Å². The average molecular weight is 270 g/mol. The number of unbranched alkanes of at least 4 members (excludes halogenated alkanes) is 1. The zero-order valence-corrected chi connectivity index (χ0v) is 12.7. The van der Waals surface area contributed by atoms with Crippen molar-refractivity contribution in [3.63, 3.8) is 0 Å². The molecule has 19 heavy (non-hydrogen) atoms. The SMILES string of the molecule is C=C(C[C@H](OC)[C@H](C)CCCC)[C@@H]1OCCC[C@H]1O. The van der Waals surface area contributed by atoms with Crippen LogP contribution in [-0.2, 0) is 9.47 Å². The second-order valence-electron chi connectivity index (χ2n) is 5.76. The van der Waals surface area contributed by atoms with E-state index in [9.17, 15) is 5.11 Å². The highest BCUT2D eigenvalue weighted by molar-refractivity contribution is 5.08. The molecule has 0 bridgehead atoms. The van der Waals surface area contributed by atoms with Crippen LogP contribution in [0, 0.1) is 5.92 Å². The predicted molar refractivity (Wildman–Crippen MR) is 78.2 cm³/mol. The molecule has 3 nitrogen and oxygen atoms in total. The van der Waals surface area contributed by atoms with Crippen LogP contribution in [0.3, 0.4) is 0 Å². The smallest absolute Gasteiger partial charge is 0.104 e. The first-order chi connectivity index (χ1) is 9.10. The minimum atomic E-state index is -0.398.